The lowest BCUT2D eigenvalue weighted by molar-refractivity contribution is -0.169. The second kappa shape index (κ2) is 5.26. The Kier molecular flexibility index (Phi) is 3.84. The van der Waals surface area contributed by atoms with E-state index < -0.39 is 5.97 Å². The van der Waals surface area contributed by atoms with Crippen molar-refractivity contribution < 1.29 is 14.6 Å². The lowest BCUT2D eigenvalue weighted by Gasteiger charge is -2.61. The third-order valence-electron chi connectivity index (χ3n) is 5.85. The first-order chi connectivity index (χ1) is 9.76. The molecule has 0 saturated heterocycles. The minimum Gasteiger partial charge on any atom is -0.481 e. The minimum absolute atomic E-state index is 0.145. The van der Waals surface area contributed by atoms with E-state index in [9.17, 15) is 4.79 Å². The van der Waals surface area contributed by atoms with Crippen molar-refractivity contribution in [2.75, 3.05) is 6.61 Å². The van der Waals surface area contributed by atoms with Crippen molar-refractivity contribution in [1.29, 1.82) is 0 Å². The first-order valence-corrected chi connectivity index (χ1v) is 8.60. The molecule has 0 radical (unpaired) electrons. The Labute approximate surface area is 128 Å². The monoisotopic (exact) mass is 294 g/mol. The predicted octanol–water partition coefficient (Wildman–Crippen LogP) is 4.11. The van der Waals surface area contributed by atoms with Gasteiger partial charge in [0, 0.05) is 0 Å². The van der Waals surface area contributed by atoms with Gasteiger partial charge in [0.1, 0.15) is 0 Å². The normalized spacial score (nSPS) is 41.5. The zero-order chi connectivity index (χ0) is 15.3. The highest BCUT2D eigenvalue weighted by Crippen LogP contribution is 2.63. The van der Waals surface area contributed by atoms with Crippen molar-refractivity contribution >= 4 is 5.97 Å². The largest absolute Gasteiger partial charge is 0.481 e. The van der Waals surface area contributed by atoms with Crippen LogP contribution in [0.5, 0.6) is 0 Å². The maximum atomic E-state index is 10.7. The molecule has 4 rings (SSSR count). The second-order valence-corrected chi connectivity index (χ2v) is 9.19. The molecule has 0 spiro atoms. The highest BCUT2D eigenvalue weighted by molar-refractivity contribution is 5.66. The SMILES string of the molecule is CC(C)(C)CC12CC3CC(C1)C(OCCC(=O)O)C(C3)C2. The lowest BCUT2D eigenvalue weighted by Crippen LogP contribution is -2.55. The van der Waals surface area contributed by atoms with E-state index in [0.717, 1.165) is 5.92 Å². The third kappa shape index (κ3) is 3.28. The number of hydrogen-bond acceptors (Lipinski definition) is 2. The summed E-state index contributed by atoms with van der Waals surface area (Å²) in [7, 11) is 0. The molecule has 4 bridgehead atoms. The maximum absolute atomic E-state index is 10.7. The molecule has 1 N–H and O–H groups in total. The summed E-state index contributed by atoms with van der Waals surface area (Å²) in [5, 5.41) is 8.78. The van der Waals surface area contributed by atoms with Crippen molar-refractivity contribution in [2.45, 2.75) is 71.8 Å². The smallest absolute Gasteiger partial charge is 0.305 e. The topological polar surface area (TPSA) is 46.5 Å². The molecule has 0 aliphatic heterocycles. The van der Waals surface area contributed by atoms with E-state index in [1.807, 2.05) is 0 Å². The van der Waals surface area contributed by atoms with Crippen LogP contribution in [0.15, 0.2) is 0 Å². The zero-order valence-electron chi connectivity index (χ0n) is 13.7. The molecule has 0 amide bonds. The van der Waals surface area contributed by atoms with E-state index >= 15 is 0 Å². The van der Waals surface area contributed by atoms with Gasteiger partial charge in [-0.05, 0) is 67.1 Å². The van der Waals surface area contributed by atoms with Gasteiger partial charge in [0.15, 0.2) is 0 Å². The Morgan fingerprint density at radius 1 is 1.19 bits per heavy atom. The second-order valence-electron chi connectivity index (χ2n) is 9.19. The number of carboxylic acid groups (broad SMARTS) is 1. The van der Waals surface area contributed by atoms with Crippen molar-refractivity contribution in [3.63, 3.8) is 0 Å². The molecule has 4 saturated carbocycles. The van der Waals surface area contributed by atoms with E-state index in [1.54, 1.807) is 0 Å². The number of ether oxygens (including phenoxy) is 1. The fourth-order valence-corrected chi connectivity index (χ4v) is 6.04. The molecule has 120 valence electrons. The summed E-state index contributed by atoms with van der Waals surface area (Å²) in [6, 6.07) is 0. The highest BCUT2D eigenvalue weighted by Gasteiger charge is 2.56. The maximum Gasteiger partial charge on any atom is 0.305 e. The van der Waals surface area contributed by atoms with Crippen molar-refractivity contribution in [2.24, 2.45) is 28.6 Å². The Balaban J connectivity index is 1.65. The summed E-state index contributed by atoms with van der Waals surface area (Å²) in [4.78, 5) is 10.7. The molecule has 2 atom stereocenters. The number of rotatable bonds is 5. The molecule has 3 heteroatoms. The molecular formula is C18H30O3. The van der Waals surface area contributed by atoms with Gasteiger partial charge >= 0.3 is 5.97 Å². The van der Waals surface area contributed by atoms with Crippen LogP contribution in [0.2, 0.25) is 0 Å². The van der Waals surface area contributed by atoms with Gasteiger partial charge in [-0.2, -0.15) is 0 Å². The minimum atomic E-state index is -0.747. The number of carbonyl (C=O) groups is 1. The van der Waals surface area contributed by atoms with Gasteiger partial charge in [-0.1, -0.05) is 20.8 Å². The van der Waals surface area contributed by atoms with Crippen molar-refractivity contribution in [3.05, 3.63) is 0 Å². The molecule has 0 aromatic heterocycles. The molecule has 2 unspecified atom stereocenters. The van der Waals surface area contributed by atoms with Crippen LogP contribution in [-0.2, 0) is 9.53 Å². The standard InChI is InChI=1S/C18H30O3/c1-17(2,3)11-18-8-12-6-13(9-18)16(14(7-12)10-18)21-5-4-15(19)20/h12-14,16H,4-11H2,1-3H3,(H,19,20). The lowest BCUT2D eigenvalue weighted by atomic mass is 9.46. The summed E-state index contributed by atoms with van der Waals surface area (Å²) < 4.78 is 6.02. The fraction of sp³-hybridized carbons (Fsp3) is 0.944. The molecule has 0 aromatic carbocycles. The van der Waals surface area contributed by atoms with Crippen LogP contribution in [-0.4, -0.2) is 23.8 Å². The van der Waals surface area contributed by atoms with Crippen LogP contribution in [0.4, 0.5) is 0 Å². The Hall–Kier alpha value is -0.570. The molecule has 4 fully saturated rings. The number of carboxylic acids is 1. The first kappa shape index (κ1) is 15.3. The van der Waals surface area contributed by atoms with E-state index in [4.69, 9.17) is 9.84 Å². The molecule has 21 heavy (non-hydrogen) atoms. The van der Waals surface area contributed by atoms with Gasteiger partial charge in [-0.25, -0.2) is 0 Å². The quantitative estimate of drug-likeness (QED) is 0.830. The Morgan fingerprint density at radius 2 is 1.81 bits per heavy atom. The molecule has 0 aromatic rings. The van der Waals surface area contributed by atoms with Gasteiger partial charge in [0.2, 0.25) is 0 Å². The van der Waals surface area contributed by atoms with E-state index in [-0.39, 0.29) is 6.42 Å². The summed E-state index contributed by atoms with van der Waals surface area (Å²) in [5.41, 5.74) is 0.965. The van der Waals surface area contributed by atoms with Crippen LogP contribution in [0.3, 0.4) is 0 Å². The Bertz CT molecular complexity index is 393. The first-order valence-electron chi connectivity index (χ1n) is 8.60. The third-order valence-corrected chi connectivity index (χ3v) is 5.85. The number of hydrogen-bond donors (Lipinski definition) is 1. The van der Waals surface area contributed by atoms with Crippen LogP contribution < -0.4 is 0 Å². The van der Waals surface area contributed by atoms with Gasteiger partial charge in [0.25, 0.3) is 0 Å². The van der Waals surface area contributed by atoms with Gasteiger partial charge in [-0.15, -0.1) is 0 Å². The van der Waals surface area contributed by atoms with Crippen LogP contribution in [0, 0.1) is 28.6 Å². The molecule has 3 nitrogen and oxygen atoms in total. The summed E-state index contributed by atoms with van der Waals surface area (Å²) in [6.45, 7) is 7.50. The van der Waals surface area contributed by atoms with Crippen LogP contribution in [0.25, 0.3) is 0 Å². The molecular weight excluding hydrogens is 264 g/mol. The van der Waals surface area contributed by atoms with Gasteiger partial charge in [-0.3, -0.25) is 4.79 Å². The van der Waals surface area contributed by atoms with Crippen LogP contribution >= 0.6 is 0 Å². The summed E-state index contributed by atoms with van der Waals surface area (Å²) >= 11 is 0. The van der Waals surface area contributed by atoms with E-state index in [2.05, 4.69) is 20.8 Å². The van der Waals surface area contributed by atoms with Crippen LogP contribution in [0.1, 0.15) is 65.7 Å². The van der Waals surface area contributed by atoms with Crippen molar-refractivity contribution in [1.82, 2.24) is 0 Å². The van der Waals surface area contributed by atoms with E-state index in [0.29, 0.717) is 35.4 Å². The molecule has 0 heterocycles. The molecule has 4 aliphatic rings. The van der Waals surface area contributed by atoms with E-state index in [1.165, 1.54) is 38.5 Å². The van der Waals surface area contributed by atoms with Gasteiger partial charge in [0.05, 0.1) is 19.1 Å². The highest BCUT2D eigenvalue weighted by atomic mass is 16.5. The summed E-state index contributed by atoms with van der Waals surface area (Å²) in [5.74, 6) is 1.53. The molecule has 4 aliphatic carbocycles. The number of aliphatic carboxylic acids is 1. The average molecular weight is 294 g/mol. The Morgan fingerprint density at radius 3 is 2.33 bits per heavy atom. The van der Waals surface area contributed by atoms with Crippen molar-refractivity contribution in [3.8, 4) is 0 Å². The predicted molar refractivity (Wildman–Crippen MR) is 82.1 cm³/mol. The van der Waals surface area contributed by atoms with Gasteiger partial charge < -0.3 is 9.84 Å². The fourth-order valence-electron chi connectivity index (χ4n) is 6.04. The zero-order valence-corrected chi connectivity index (χ0v) is 13.7. The average Bonchev–Trinajstić information content (AvgIpc) is 2.28. The summed E-state index contributed by atoms with van der Waals surface area (Å²) in [6.07, 6.45) is 8.52.